The first-order valence-electron chi connectivity index (χ1n) is 18.8. The van der Waals surface area contributed by atoms with Gasteiger partial charge in [-0.3, -0.25) is 0 Å². The van der Waals surface area contributed by atoms with Gasteiger partial charge >= 0.3 is 285 Å². The van der Waals surface area contributed by atoms with E-state index in [-0.39, 0.29) is 18.1 Å². The maximum atomic E-state index is 9.35. The molecule has 252 valence electrons. The van der Waals surface area contributed by atoms with Crippen LogP contribution in [0.3, 0.4) is 0 Å². The molecule has 0 nitrogen and oxygen atoms in total. The minimum atomic E-state index is -6.38. The summed E-state index contributed by atoms with van der Waals surface area (Å²) in [6.07, 6.45) is 22.0. The normalized spacial score (nSPS) is 22.7. The van der Waals surface area contributed by atoms with E-state index in [1.54, 1.807) is 0 Å². The zero-order chi connectivity index (χ0) is 33.4. The molecule has 0 aromatic heterocycles. The molecule has 0 atom stereocenters. The van der Waals surface area contributed by atoms with Gasteiger partial charge in [0.1, 0.15) is 0 Å². The second kappa shape index (κ2) is 10.6. The van der Waals surface area contributed by atoms with Gasteiger partial charge in [0.2, 0.25) is 0 Å². The van der Waals surface area contributed by atoms with Gasteiger partial charge in [-0.2, -0.15) is 0 Å². The second-order valence-corrected chi connectivity index (χ2v) is 59.7. The average molecular weight is 741 g/mol. The Bertz CT molecular complexity index is 1620. The summed E-state index contributed by atoms with van der Waals surface area (Å²) >= 11 is -6.38. The number of hydrogen-bond donors (Lipinski definition) is 0. The van der Waals surface area contributed by atoms with E-state index in [0.717, 1.165) is 8.26 Å². The summed E-state index contributed by atoms with van der Waals surface area (Å²) < 4.78 is 7.39. The summed E-state index contributed by atoms with van der Waals surface area (Å²) in [5, 5.41) is 0. The van der Waals surface area contributed by atoms with Gasteiger partial charge in [-0.05, 0) is 0 Å². The average Bonchev–Trinajstić information content (AvgIpc) is 3.60. The quantitative estimate of drug-likeness (QED) is 0.277. The fourth-order valence-electron chi connectivity index (χ4n) is 11.8. The van der Waals surface area contributed by atoms with Crippen molar-refractivity contribution in [1.29, 1.82) is 0 Å². The van der Waals surface area contributed by atoms with Crippen molar-refractivity contribution in [2.45, 2.75) is 146 Å². The van der Waals surface area contributed by atoms with E-state index in [2.05, 4.69) is 104 Å². The Kier molecular flexibility index (Phi) is 8.11. The second-order valence-electron chi connectivity index (χ2n) is 19.6. The third-order valence-corrected chi connectivity index (χ3v) is 45.4. The monoisotopic (exact) mass is 738 g/mol. The van der Waals surface area contributed by atoms with Crippen molar-refractivity contribution in [3.63, 3.8) is 0 Å². The predicted octanol–water partition coefficient (Wildman–Crippen LogP) is 14.4. The van der Waals surface area contributed by atoms with Crippen LogP contribution in [0.1, 0.15) is 143 Å². The number of halogens is 2. The van der Waals surface area contributed by atoms with Crippen LogP contribution in [0.4, 0.5) is 0 Å². The molecular formula is C43H62Cl2Zr. The molecule has 0 radical (unpaired) electrons. The van der Waals surface area contributed by atoms with Crippen LogP contribution in [0.15, 0.2) is 48.6 Å². The Balaban J connectivity index is 1.77. The molecular weight excluding hydrogens is 679 g/mol. The van der Waals surface area contributed by atoms with Gasteiger partial charge in [0, 0.05) is 0 Å². The Hall–Kier alpha value is -0.747. The fourth-order valence-corrected chi connectivity index (χ4v) is 47.1. The van der Waals surface area contributed by atoms with Crippen LogP contribution in [0, 0.1) is 25.7 Å². The Morgan fingerprint density at radius 2 is 1.00 bits per heavy atom. The maximum absolute atomic E-state index is 9.35. The van der Waals surface area contributed by atoms with E-state index in [1.807, 2.05) is 0 Å². The number of hydrogen-bond acceptors (Lipinski definition) is 0. The molecule has 0 spiro atoms. The zero-order valence-corrected chi connectivity index (χ0v) is 34.3. The van der Waals surface area contributed by atoms with Crippen molar-refractivity contribution < 1.29 is 12.9 Å². The van der Waals surface area contributed by atoms with Gasteiger partial charge in [0.25, 0.3) is 0 Å². The van der Waals surface area contributed by atoms with Crippen LogP contribution in [-0.2, 0) is 23.8 Å². The minimum absolute atomic E-state index is 0.0297. The van der Waals surface area contributed by atoms with E-state index in [4.69, 9.17) is 4.21 Å². The van der Waals surface area contributed by atoms with E-state index in [0.29, 0.717) is 11.8 Å². The summed E-state index contributed by atoms with van der Waals surface area (Å²) in [5.41, 5.74) is 11.1. The van der Waals surface area contributed by atoms with Crippen LogP contribution in [0.25, 0.3) is 11.1 Å². The molecule has 2 aromatic rings. The van der Waals surface area contributed by atoms with Gasteiger partial charge in [-0.25, -0.2) is 0 Å². The van der Waals surface area contributed by atoms with Crippen molar-refractivity contribution >= 4 is 21.2 Å². The first-order valence-corrected chi connectivity index (χ1v) is 33.2. The molecule has 2 saturated carbocycles. The predicted molar refractivity (Wildman–Crippen MR) is 204 cm³/mol. The summed E-state index contributed by atoms with van der Waals surface area (Å²) in [6.45, 7) is 18.7. The molecule has 0 amide bonds. The van der Waals surface area contributed by atoms with E-state index >= 15 is 0 Å². The van der Waals surface area contributed by atoms with Crippen LogP contribution in [-0.4, -0.2) is 4.21 Å². The molecule has 2 aromatic carbocycles. The Labute approximate surface area is 283 Å². The van der Waals surface area contributed by atoms with Crippen molar-refractivity contribution in [1.82, 2.24) is 0 Å². The Morgan fingerprint density at radius 1 is 0.630 bits per heavy atom. The molecule has 0 bridgehead atoms. The van der Waals surface area contributed by atoms with E-state index < -0.39 is 12.9 Å². The van der Waals surface area contributed by atoms with Crippen LogP contribution >= 0.6 is 17.0 Å². The van der Waals surface area contributed by atoms with Gasteiger partial charge < -0.3 is 0 Å². The third kappa shape index (κ3) is 5.52. The van der Waals surface area contributed by atoms with Gasteiger partial charge in [-0.15, -0.1) is 0 Å². The molecule has 46 heavy (non-hydrogen) atoms. The molecule has 0 saturated heterocycles. The summed E-state index contributed by atoms with van der Waals surface area (Å²) in [4.78, 5) is 0. The molecule has 0 N–H and O–H groups in total. The van der Waals surface area contributed by atoms with Crippen LogP contribution in [0.5, 0.6) is 0 Å². The summed E-state index contributed by atoms with van der Waals surface area (Å²) in [7, 11) is 18.7. The van der Waals surface area contributed by atoms with E-state index in [9.17, 15) is 17.0 Å². The van der Waals surface area contributed by atoms with Crippen LogP contribution < -0.4 is 0 Å². The molecule has 4 aliphatic rings. The van der Waals surface area contributed by atoms with E-state index in [1.165, 1.54) is 109 Å². The molecule has 3 heteroatoms. The number of allylic oxidation sites excluding steroid dienone is 4. The van der Waals surface area contributed by atoms with Crippen molar-refractivity contribution in [2.24, 2.45) is 11.8 Å². The summed E-state index contributed by atoms with van der Waals surface area (Å²) in [5.74, 6) is 1.04. The van der Waals surface area contributed by atoms with Gasteiger partial charge in [-0.1, -0.05) is 0 Å². The number of fused-ring (bicyclic) bond motifs is 3. The molecule has 6 rings (SSSR count). The fraction of sp³-hybridized carbons (Fsp3) is 0.605. The standard InChI is InChI=1S/C23H29.2C7H13.C5H5.CH2.2ClH.Zr/c1-14-9-16-11-17-10-15(2)21(23(6,7)8)13-19(17)18(16)12-20(14)22(3,4)5;2*1-7-5-3-2-4-6-7;1-2-4-5-3-1;;;;/h9-13H,1-8H3;2*7H,1-6H2;1-5H;1H2;2*1H;/q;;;;;;;+2/p-2. The molecule has 2 fully saturated rings. The summed E-state index contributed by atoms with van der Waals surface area (Å²) in [6, 6.07) is 10.1. The van der Waals surface area contributed by atoms with Crippen LogP contribution in [0.2, 0.25) is 11.9 Å². The SMILES string of the molecule is [CH2]=[Zr]([Cl])([Cl])([CH2]C1CCCCC1)([CH2]C1CCCCC1)([CH]1C=CC=C1)[CH]1c2cc(C)c(C(C)(C)C)cc2-c2cc(C(C)(C)C)c(C)cc21. The van der Waals surface area contributed by atoms with Gasteiger partial charge in [0.15, 0.2) is 0 Å². The number of rotatable bonds is 6. The molecule has 0 aliphatic heterocycles. The van der Waals surface area contributed by atoms with Crippen molar-refractivity contribution in [3.05, 3.63) is 82.0 Å². The third-order valence-electron chi connectivity index (χ3n) is 13.6. The molecule has 0 heterocycles. The first kappa shape index (κ1) is 35.1. The number of benzene rings is 2. The molecule has 0 unspecified atom stereocenters. The first-order chi connectivity index (χ1) is 21.2. The van der Waals surface area contributed by atoms with Crippen molar-refractivity contribution in [2.75, 3.05) is 0 Å². The zero-order valence-electron chi connectivity index (χ0n) is 30.4. The topological polar surface area (TPSA) is 0 Å². The molecule has 4 aliphatic carbocycles. The van der Waals surface area contributed by atoms with Crippen molar-refractivity contribution in [3.8, 4) is 11.1 Å². The van der Waals surface area contributed by atoms with Gasteiger partial charge in [0.05, 0.1) is 0 Å². The Morgan fingerprint density at radius 3 is 1.35 bits per heavy atom. The number of aryl methyl sites for hydroxylation is 2.